The van der Waals surface area contributed by atoms with Crippen molar-refractivity contribution in [1.29, 1.82) is 0 Å². The van der Waals surface area contributed by atoms with E-state index in [9.17, 15) is 9.59 Å². The second kappa shape index (κ2) is 7.34. The SMILES string of the molecule is Cc1ccncc1C1CCN(C(=O)c2ccc(OCC(=O)O)cc2)C1. The van der Waals surface area contributed by atoms with Gasteiger partial charge in [0.15, 0.2) is 6.61 Å². The van der Waals surface area contributed by atoms with Crippen LogP contribution in [-0.4, -0.2) is 46.6 Å². The number of hydrogen-bond donors (Lipinski definition) is 1. The van der Waals surface area contributed by atoms with Gasteiger partial charge in [-0.1, -0.05) is 0 Å². The fourth-order valence-electron chi connectivity index (χ4n) is 3.12. The van der Waals surface area contributed by atoms with E-state index in [-0.39, 0.29) is 5.91 Å². The molecule has 1 amide bonds. The van der Waals surface area contributed by atoms with Crippen LogP contribution in [0.5, 0.6) is 5.75 Å². The van der Waals surface area contributed by atoms with Gasteiger partial charge in [0, 0.05) is 37.0 Å². The number of rotatable bonds is 5. The number of ether oxygens (including phenoxy) is 1. The van der Waals surface area contributed by atoms with Crippen molar-refractivity contribution in [2.75, 3.05) is 19.7 Å². The lowest BCUT2D eigenvalue weighted by Crippen LogP contribution is -2.28. The lowest BCUT2D eigenvalue weighted by molar-refractivity contribution is -0.139. The van der Waals surface area contributed by atoms with Crippen LogP contribution in [0.3, 0.4) is 0 Å². The lowest BCUT2D eigenvalue weighted by Gasteiger charge is -2.17. The van der Waals surface area contributed by atoms with Gasteiger partial charge in [-0.15, -0.1) is 0 Å². The molecule has 1 unspecified atom stereocenters. The van der Waals surface area contributed by atoms with Crippen molar-refractivity contribution in [2.45, 2.75) is 19.3 Å². The summed E-state index contributed by atoms with van der Waals surface area (Å²) in [4.78, 5) is 29.2. The van der Waals surface area contributed by atoms with Crippen LogP contribution in [0.25, 0.3) is 0 Å². The molecule has 6 heteroatoms. The number of benzene rings is 1. The number of carboxylic acid groups (broad SMARTS) is 1. The molecule has 1 aromatic carbocycles. The minimum absolute atomic E-state index is 0.0196. The molecule has 1 aliphatic rings. The number of pyridine rings is 1. The summed E-state index contributed by atoms with van der Waals surface area (Å²) in [6.07, 6.45) is 4.60. The predicted octanol–water partition coefficient (Wildman–Crippen LogP) is 2.48. The molecule has 2 aromatic rings. The van der Waals surface area contributed by atoms with Crippen LogP contribution in [0.1, 0.15) is 33.8 Å². The lowest BCUT2D eigenvalue weighted by atomic mass is 9.96. The number of carboxylic acids is 1. The van der Waals surface area contributed by atoms with E-state index in [2.05, 4.69) is 11.9 Å². The topological polar surface area (TPSA) is 79.7 Å². The van der Waals surface area contributed by atoms with E-state index >= 15 is 0 Å². The highest BCUT2D eigenvalue weighted by Gasteiger charge is 2.28. The molecule has 1 atom stereocenters. The molecule has 0 saturated carbocycles. The average Bonchev–Trinajstić information content (AvgIpc) is 3.10. The normalized spacial score (nSPS) is 16.7. The van der Waals surface area contributed by atoms with Gasteiger partial charge in [0.2, 0.25) is 0 Å². The summed E-state index contributed by atoms with van der Waals surface area (Å²) < 4.78 is 5.08. The summed E-state index contributed by atoms with van der Waals surface area (Å²) in [6.45, 7) is 3.07. The smallest absolute Gasteiger partial charge is 0.341 e. The van der Waals surface area contributed by atoms with Crippen LogP contribution in [0.2, 0.25) is 0 Å². The van der Waals surface area contributed by atoms with Gasteiger partial charge >= 0.3 is 5.97 Å². The molecule has 25 heavy (non-hydrogen) atoms. The van der Waals surface area contributed by atoms with Crippen LogP contribution in [-0.2, 0) is 4.79 Å². The first-order valence-electron chi connectivity index (χ1n) is 8.19. The largest absolute Gasteiger partial charge is 0.482 e. The quantitative estimate of drug-likeness (QED) is 0.904. The Kier molecular flexibility index (Phi) is 4.97. The van der Waals surface area contributed by atoms with Gasteiger partial charge in [0.05, 0.1) is 0 Å². The van der Waals surface area contributed by atoms with Gasteiger partial charge in [-0.3, -0.25) is 9.78 Å². The third-order valence-electron chi connectivity index (χ3n) is 4.46. The predicted molar refractivity (Wildman–Crippen MR) is 91.8 cm³/mol. The van der Waals surface area contributed by atoms with E-state index in [1.165, 1.54) is 11.1 Å². The van der Waals surface area contributed by atoms with Gasteiger partial charge in [0.1, 0.15) is 5.75 Å². The Morgan fingerprint density at radius 2 is 2.04 bits per heavy atom. The fraction of sp³-hybridized carbons (Fsp3) is 0.316. The maximum Gasteiger partial charge on any atom is 0.341 e. The van der Waals surface area contributed by atoms with Crippen LogP contribution in [0.15, 0.2) is 42.7 Å². The fourth-order valence-corrected chi connectivity index (χ4v) is 3.12. The first-order chi connectivity index (χ1) is 12.0. The van der Waals surface area contributed by atoms with Crippen molar-refractivity contribution in [1.82, 2.24) is 9.88 Å². The molecule has 130 valence electrons. The van der Waals surface area contributed by atoms with Gasteiger partial charge in [-0.25, -0.2) is 4.79 Å². The number of amides is 1. The molecule has 1 N–H and O–H groups in total. The van der Waals surface area contributed by atoms with Crippen LogP contribution < -0.4 is 4.74 Å². The van der Waals surface area contributed by atoms with Gasteiger partial charge < -0.3 is 14.7 Å². The summed E-state index contributed by atoms with van der Waals surface area (Å²) >= 11 is 0. The highest BCUT2D eigenvalue weighted by atomic mass is 16.5. The Hall–Kier alpha value is -2.89. The van der Waals surface area contributed by atoms with Crippen molar-refractivity contribution in [3.05, 3.63) is 59.4 Å². The maximum atomic E-state index is 12.7. The molecule has 0 radical (unpaired) electrons. The number of aryl methyl sites for hydroxylation is 1. The van der Waals surface area contributed by atoms with E-state index < -0.39 is 12.6 Å². The minimum Gasteiger partial charge on any atom is -0.482 e. The Bertz CT molecular complexity index is 773. The van der Waals surface area contributed by atoms with Crippen molar-refractivity contribution in [2.24, 2.45) is 0 Å². The summed E-state index contributed by atoms with van der Waals surface area (Å²) in [5.74, 6) is -0.303. The number of hydrogen-bond acceptors (Lipinski definition) is 4. The third kappa shape index (κ3) is 3.96. The zero-order valence-electron chi connectivity index (χ0n) is 14.0. The maximum absolute atomic E-state index is 12.7. The highest BCUT2D eigenvalue weighted by Crippen LogP contribution is 2.29. The Morgan fingerprint density at radius 1 is 1.28 bits per heavy atom. The molecule has 0 aliphatic carbocycles. The standard InChI is InChI=1S/C19H20N2O4/c1-13-6-8-20-10-17(13)15-7-9-21(11-15)19(24)14-2-4-16(5-3-14)25-12-18(22)23/h2-6,8,10,15H,7,9,11-12H2,1H3,(H,22,23). The van der Waals surface area contributed by atoms with E-state index in [0.717, 1.165) is 13.0 Å². The Labute approximate surface area is 146 Å². The zero-order valence-corrected chi connectivity index (χ0v) is 14.0. The molecule has 1 aromatic heterocycles. The Morgan fingerprint density at radius 3 is 2.72 bits per heavy atom. The van der Waals surface area contributed by atoms with Crippen molar-refractivity contribution < 1.29 is 19.4 Å². The van der Waals surface area contributed by atoms with Crippen molar-refractivity contribution in [3.63, 3.8) is 0 Å². The second-order valence-electron chi connectivity index (χ2n) is 6.18. The first-order valence-corrected chi connectivity index (χ1v) is 8.19. The van der Waals surface area contributed by atoms with Crippen LogP contribution in [0, 0.1) is 6.92 Å². The summed E-state index contributed by atoms with van der Waals surface area (Å²) in [5, 5.41) is 8.61. The van der Waals surface area contributed by atoms with E-state index in [4.69, 9.17) is 9.84 Å². The molecular formula is C19H20N2O4. The average molecular weight is 340 g/mol. The van der Waals surface area contributed by atoms with Gasteiger partial charge in [-0.2, -0.15) is 0 Å². The molecular weight excluding hydrogens is 320 g/mol. The number of carbonyl (C=O) groups excluding carboxylic acids is 1. The molecule has 3 rings (SSSR count). The molecule has 6 nitrogen and oxygen atoms in total. The molecule has 1 fully saturated rings. The number of likely N-dealkylation sites (tertiary alicyclic amines) is 1. The van der Waals surface area contributed by atoms with Crippen molar-refractivity contribution in [3.8, 4) is 5.75 Å². The number of aromatic nitrogens is 1. The number of carbonyl (C=O) groups is 2. The minimum atomic E-state index is -1.03. The number of aliphatic carboxylic acids is 1. The summed E-state index contributed by atoms with van der Waals surface area (Å²) in [6, 6.07) is 8.57. The number of nitrogens with zero attached hydrogens (tertiary/aromatic N) is 2. The first kappa shape index (κ1) is 17.0. The van der Waals surface area contributed by atoms with Crippen LogP contribution in [0.4, 0.5) is 0 Å². The Balaban J connectivity index is 1.64. The van der Waals surface area contributed by atoms with Crippen molar-refractivity contribution >= 4 is 11.9 Å². The zero-order chi connectivity index (χ0) is 17.8. The summed E-state index contributed by atoms with van der Waals surface area (Å²) in [7, 11) is 0. The third-order valence-corrected chi connectivity index (χ3v) is 4.46. The van der Waals surface area contributed by atoms with Crippen LogP contribution >= 0.6 is 0 Å². The molecule has 1 aliphatic heterocycles. The molecule has 2 heterocycles. The van der Waals surface area contributed by atoms with E-state index in [1.807, 2.05) is 17.2 Å². The van der Waals surface area contributed by atoms with Gasteiger partial charge in [0.25, 0.3) is 5.91 Å². The van der Waals surface area contributed by atoms with Gasteiger partial charge in [-0.05, 0) is 54.8 Å². The second-order valence-corrected chi connectivity index (χ2v) is 6.18. The summed E-state index contributed by atoms with van der Waals surface area (Å²) in [5.41, 5.74) is 2.98. The molecule has 1 saturated heterocycles. The molecule has 0 bridgehead atoms. The monoisotopic (exact) mass is 340 g/mol. The molecule has 0 spiro atoms. The van der Waals surface area contributed by atoms with E-state index in [1.54, 1.807) is 30.5 Å². The van der Waals surface area contributed by atoms with E-state index in [0.29, 0.717) is 23.8 Å². The highest BCUT2D eigenvalue weighted by molar-refractivity contribution is 5.94.